The number of para-hydroxylation sites is 2. The van der Waals surface area contributed by atoms with E-state index in [2.05, 4.69) is 19.2 Å². The number of hydrogen-bond donors (Lipinski definition) is 1. The first kappa shape index (κ1) is 15.3. The molecule has 0 aromatic heterocycles. The topological polar surface area (TPSA) is 32.3 Å². The number of anilines is 2. The zero-order valence-electron chi connectivity index (χ0n) is 14.3. The lowest BCUT2D eigenvalue weighted by atomic mass is 9.74. The Morgan fingerprint density at radius 2 is 1.58 bits per heavy atom. The monoisotopic (exact) mass is 320 g/mol. The Morgan fingerprint density at radius 1 is 0.958 bits per heavy atom. The SMILES string of the molecule is C[C@@H]1C[C@H](C)CC2(C1)Nc1ccccc1C(=O)N2c1ccccc1. The van der Waals surface area contributed by atoms with Crippen LogP contribution in [0.1, 0.15) is 43.5 Å². The zero-order chi connectivity index (χ0) is 16.7. The molecule has 3 nitrogen and oxygen atoms in total. The Balaban J connectivity index is 1.88. The lowest BCUT2D eigenvalue weighted by molar-refractivity contribution is 0.0908. The number of rotatable bonds is 1. The highest BCUT2D eigenvalue weighted by atomic mass is 16.2. The fraction of sp³-hybridized carbons (Fsp3) is 0.381. The van der Waals surface area contributed by atoms with Gasteiger partial charge in [0.05, 0.1) is 5.56 Å². The second-order valence-corrected chi connectivity index (χ2v) is 7.53. The van der Waals surface area contributed by atoms with Crippen molar-refractivity contribution in [3.8, 4) is 0 Å². The summed E-state index contributed by atoms with van der Waals surface area (Å²) in [6.45, 7) is 4.60. The van der Waals surface area contributed by atoms with E-state index < -0.39 is 0 Å². The Kier molecular flexibility index (Phi) is 3.60. The van der Waals surface area contributed by atoms with Gasteiger partial charge < -0.3 is 5.32 Å². The van der Waals surface area contributed by atoms with Gasteiger partial charge in [-0.3, -0.25) is 9.69 Å². The van der Waals surface area contributed by atoms with Gasteiger partial charge in [-0.2, -0.15) is 0 Å². The van der Waals surface area contributed by atoms with Crippen LogP contribution in [0.5, 0.6) is 0 Å². The third-order valence-electron chi connectivity index (χ3n) is 5.35. The standard InChI is InChI=1S/C21H24N2O/c1-15-12-16(2)14-21(13-15)22-19-11-7-6-10-18(19)20(24)23(21)17-8-4-3-5-9-17/h3-11,15-16,22H,12-14H2,1-2H3/t15-,16+,21?. The number of nitrogens with zero attached hydrogens (tertiary/aromatic N) is 1. The molecule has 1 unspecified atom stereocenters. The summed E-state index contributed by atoms with van der Waals surface area (Å²) in [5.41, 5.74) is 2.38. The van der Waals surface area contributed by atoms with E-state index in [-0.39, 0.29) is 11.6 Å². The maximum Gasteiger partial charge on any atom is 0.262 e. The third kappa shape index (κ3) is 2.39. The molecule has 2 aromatic rings. The molecular formula is C21H24N2O. The minimum atomic E-state index is -0.329. The molecule has 124 valence electrons. The Bertz CT molecular complexity index is 745. The largest absolute Gasteiger partial charge is 0.362 e. The molecule has 1 N–H and O–H groups in total. The number of nitrogens with one attached hydrogen (secondary N) is 1. The van der Waals surface area contributed by atoms with Crippen molar-refractivity contribution in [1.29, 1.82) is 0 Å². The van der Waals surface area contributed by atoms with Crippen LogP contribution < -0.4 is 10.2 Å². The Labute approximate surface area is 143 Å². The summed E-state index contributed by atoms with van der Waals surface area (Å²) in [4.78, 5) is 15.4. The quantitative estimate of drug-likeness (QED) is 0.809. The molecule has 3 heteroatoms. The molecule has 1 heterocycles. The minimum Gasteiger partial charge on any atom is -0.362 e. The van der Waals surface area contributed by atoms with E-state index in [0.29, 0.717) is 11.8 Å². The lowest BCUT2D eigenvalue weighted by Gasteiger charge is -2.53. The fourth-order valence-electron chi connectivity index (χ4n) is 4.72. The summed E-state index contributed by atoms with van der Waals surface area (Å²) < 4.78 is 0. The smallest absolute Gasteiger partial charge is 0.262 e. The molecule has 1 aliphatic carbocycles. The van der Waals surface area contributed by atoms with Crippen molar-refractivity contribution >= 4 is 17.3 Å². The molecule has 1 saturated carbocycles. The highest BCUT2D eigenvalue weighted by molar-refractivity contribution is 6.12. The summed E-state index contributed by atoms with van der Waals surface area (Å²) in [7, 11) is 0. The number of amides is 1. The van der Waals surface area contributed by atoms with Crippen molar-refractivity contribution in [3.05, 3.63) is 60.2 Å². The fourth-order valence-corrected chi connectivity index (χ4v) is 4.72. The molecule has 1 amide bonds. The van der Waals surface area contributed by atoms with E-state index in [1.807, 2.05) is 59.5 Å². The second kappa shape index (κ2) is 5.66. The first-order valence-corrected chi connectivity index (χ1v) is 8.86. The molecule has 0 radical (unpaired) electrons. The number of fused-ring (bicyclic) bond motifs is 1. The van der Waals surface area contributed by atoms with E-state index >= 15 is 0 Å². The summed E-state index contributed by atoms with van der Waals surface area (Å²) in [5, 5.41) is 3.76. The zero-order valence-corrected chi connectivity index (χ0v) is 14.3. The molecule has 24 heavy (non-hydrogen) atoms. The lowest BCUT2D eigenvalue weighted by Crippen LogP contribution is -2.63. The third-order valence-corrected chi connectivity index (χ3v) is 5.35. The van der Waals surface area contributed by atoms with Crippen molar-refractivity contribution in [1.82, 2.24) is 0 Å². The van der Waals surface area contributed by atoms with Crippen molar-refractivity contribution in [2.45, 2.75) is 38.8 Å². The van der Waals surface area contributed by atoms with Crippen LogP contribution in [0.4, 0.5) is 11.4 Å². The number of hydrogen-bond acceptors (Lipinski definition) is 2. The van der Waals surface area contributed by atoms with Crippen LogP contribution in [0.25, 0.3) is 0 Å². The van der Waals surface area contributed by atoms with Gasteiger partial charge in [0.2, 0.25) is 0 Å². The maximum atomic E-state index is 13.4. The van der Waals surface area contributed by atoms with Gasteiger partial charge in [-0.25, -0.2) is 0 Å². The van der Waals surface area contributed by atoms with Crippen LogP contribution in [-0.4, -0.2) is 11.6 Å². The molecule has 0 bridgehead atoms. The predicted molar refractivity (Wildman–Crippen MR) is 98.2 cm³/mol. The number of carbonyl (C=O) groups excluding carboxylic acids is 1. The van der Waals surface area contributed by atoms with Gasteiger partial charge in [0.15, 0.2) is 0 Å². The predicted octanol–water partition coefficient (Wildman–Crippen LogP) is 4.91. The number of carbonyl (C=O) groups is 1. The van der Waals surface area contributed by atoms with Crippen LogP contribution >= 0.6 is 0 Å². The van der Waals surface area contributed by atoms with Gasteiger partial charge in [-0.1, -0.05) is 44.2 Å². The molecule has 2 aromatic carbocycles. The first-order valence-electron chi connectivity index (χ1n) is 8.86. The van der Waals surface area contributed by atoms with Gasteiger partial charge in [-0.05, 0) is 55.4 Å². The summed E-state index contributed by atoms with van der Waals surface area (Å²) in [5.74, 6) is 1.29. The van der Waals surface area contributed by atoms with Crippen molar-refractivity contribution < 1.29 is 4.79 Å². The van der Waals surface area contributed by atoms with E-state index in [1.165, 1.54) is 6.42 Å². The molecule has 3 atom stereocenters. The normalized spacial score (nSPS) is 29.2. The average Bonchev–Trinajstić information content (AvgIpc) is 2.54. The highest BCUT2D eigenvalue weighted by Crippen LogP contribution is 2.46. The summed E-state index contributed by atoms with van der Waals surface area (Å²) in [6.07, 6.45) is 3.18. The Morgan fingerprint density at radius 3 is 2.29 bits per heavy atom. The van der Waals surface area contributed by atoms with Crippen LogP contribution in [0.2, 0.25) is 0 Å². The summed E-state index contributed by atoms with van der Waals surface area (Å²) >= 11 is 0. The molecule has 1 fully saturated rings. The second-order valence-electron chi connectivity index (χ2n) is 7.53. The average molecular weight is 320 g/mol. The van der Waals surface area contributed by atoms with Crippen LogP contribution in [0.15, 0.2) is 54.6 Å². The summed E-state index contributed by atoms with van der Waals surface area (Å²) in [6, 6.07) is 18.0. The van der Waals surface area contributed by atoms with Crippen molar-refractivity contribution in [3.63, 3.8) is 0 Å². The van der Waals surface area contributed by atoms with Gasteiger partial charge >= 0.3 is 0 Å². The van der Waals surface area contributed by atoms with Crippen LogP contribution in [0, 0.1) is 11.8 Å². The van der Waals surface area contributed by atoms with Crippen LogP contribution in [0.3, 0.4) is 0 Å². The van der Waals surface area contributed by atoms with Gasteiger partial charge in [0.1, 0.15) is 5.66 Å². The Hall–Kier alpha value is -2.29. The minimum absolute atomic E-state index is 0.108. The van der Waals surface area contributed by atoms with Crippen LogP contribution in [-0.2, 0) is 0 Å². The van der Waals surface area contributed by atoms with Crippen molar-refractivity contribution in [2.24, 2.45) is 11.8 Å². The molecule has 0 saturated heterocycles. The number of benzene rings is 2. The maximum absolute atomic E-state index is 13.4. The van der Waals surface area contributed by atoms with E-state index in [9.17, 15) is 4.79 Å². The molecular weight excluding hydrogens is 296 g/mol. The van der Waals surface area contributed by atoms with Gasteiger partial charge in [0, 0.05) is 11.4 Å². The first-order chi connectivity index (χ1) is 11.6. The van der Waals surface area contributed by atoms with E-state index in [1.54, 1.807) is 0 Å². The van der Waals surface area contributed by atoms with Gasteiger partial charge in [0.25, 0.3) is 5.91 Å². The van der Waals surface area contributed by atoms with E-state index in [0.717, 1.165) is 29.8 Å². The van der Waals surface area contributed by atoms with Crippen molar-refractivity contribution in [2.75, 3.05) is 10.2 Å². The molecule has 1 spiro atoms. The van der Waals surface area contributed by atoms with Gasteiger partial charge in [-0.15, -0.1) is 0 Å². The molecule has 2 aliphatic rings. The van der Waals surface area contributed by atoms with E-state index in [4.69, 9.17) is 0 Å². The molecule has 1 aliphatic heterocycles. The molecule has 4 rings (SSSR count). The highest BCUT2D eigenvalue weighted by Gasteiger charge is 2.48.